The molecule has 1 aliphatic heterocycles. The van der Waals surface area contributed by atoms with Crippen molar-refractivity contribution in [3.8, 4) is 0 Å². The molecule has 0 unspecified atom stereocenters. The Morgan fingerprint density at radius 1 is 1.05 bits per heavy atom. The Labute approximate surface area is 115 Å². The van der Waals surface area contributed by atoms with Crippen LogP contribution in [0.2, 0.25) is 0 Å². The molecule has 0 aliphatic carbocycles. The first kappa shape index (κ1) is 12.2. The van der Waals surface area contributed by atoms with Crippen LogP contribution in [0.1, 0.15) is 29.2 Å². The van der Waals surface area contributed by atoms with E-state index >= 15 is 0 Å². The van der Waals surface area contributed by atoms with Crippen LogP contribution in [0.25, 0.3) is 0 Å². The smallest absolute Gasteiger partial charge is 0.138 e. The molecule has 2 aromatic rings. The molecule has 2 aromatic carbocycles. The van der Waals surface area contributed by atoms with E-state index < -0.39 is 0 Å². The highest BCUT2D eigenvalue weighted by molar-refractivity contribution is 5.37. The van der Waals surface area contributed by atoms with Crippen LogP contribution in [-0.4, -0.2) is 6.04 Å². The molecule has 96 valence electrons. The van der Waals surface area contributed by atoms with Crippen molar-refractivity contribution in [3.05, 3.63) is 83.9 Å². The van der Waals surface area contributed by atoms with E-state index in [2.05, 4.69) is 66.5 Å². The van der Waals surface area contributed by atoms with Gasteiger partial charge in [0.05, 0.1) is 6.04 Å². The summed E-state index contributed by atoms with van der Waals surface area (Å²) in [6, 6.07) is 20.7. The molecular weight excluding hydrogens is 230 g/mol. The highest BCUT2D eigenvalue weighted by atomic mass is 15.0. The van der Waals surface area contributed by atoms with Gasteiger partial charge in [0, 0.05) is 24.0 Å². The standard InChI is InChI=1S/C18H19N/c1-2-8-16-13-15-11-6-7-12-17(15)18(19-16)14-9-4-3-5-10-14/h2-7,9-12,16,18-19H,1,8,13H2/p+1/t16-,18-/m1/s1. The summed E-state index contributed by atoms with van der Waals surface area (Å²) in [6.07, 6.45) is 4.25. The van der Waals surface area contributed by atoms with Crippen LogP contribution >= 0.6 is 0 Å². The molecule has 0 saturated carbocycles. The van der Waals surface area contributed by atoms with Gasteiger partial charge in [-0.3, -0.25) is 0 Å². The predicted octanol–water partition coefficient (Wildman–Crippen LogP) is 2.84. The monoisotopic (exact) mass is 250 g/mol. The fourth-order valence-corrected chi connectivity index (χ4v) is 3.08. The molecule has 1 aliphatic rings. The summed E-state index contributed by atoms with van der Waals surface area (Å²) in [7, 11) is 0. The Balaban J connectivity index is 2.00. The number of benzene rings is 2. The van der Waals surface area contributed by atoms with Gasteiger partial charge in [-0.1, -0.05) is 60.7 Å². The highest BCUT2D eigenvalue weighted by Crippen LogP contribution is 2.26. The van der Waals surface area contributed by atoms with Crippen molar-refractivity contribution < 1.29 is 5.32 Å². The molecular formula is C18H20N+. The fourth-order valence-electron chi connectivity index (χ4n) is 3.08. The first-order chi connectivity index (χ1) is 9.38. The van der Waals surface area contributed by atoms with E-state index in [4.69, 9.17) is 0 Å². The summed E-state index contributed by atoms with van der Waals surface area (Å²) < 4.78 is 0. The van der Waals surface area contributed by atoms with Gasteiger partial charge >= 0.3 is 0 Å². The maximum absolute atomic E-state index is 3.89. The largest absolute Gasteiger partial charge is 0.333 e. The zero-order valence-electron chi connectivity index (χ0n) is 11.1. The number of quaternary nitrogens is 1. The number of hydrogen-bond donors (Lipinski definition) is 1. The number of rotatable bonds is 3. The lowest BCUT2D eigenvalue weighted by molar-refractivity contribution is -0.722. The summed E-state index contributed by atoms with van der Waals surface area (Å²) in [5.41, 5.74) is 4.35. The van der Waals surface area contributed by atoms with E-state index in [9.17, 15) is 0 Å². The Hall–Kier alpha value is -1.86. The van der Waals surface area contributed by atoms with Crippen molar-refractivity contribution in [2.24, 2.45) is 0 Å². The van der Waals surface area contributed by atoms with Gasteiger partial charge in [-0.25, -0.2) is 0 Å². The Morgan fingerprint density at radius 3 is 2.58 bits per heavy atom. The minimum atomic E-state index is 0.427. The van der Waals surface area contributed by atoms with Gasteiger partial charge in [-0.05, 0) is 5.56 Å². The van der Waals surface area contributed by atoms with Crippen LogP contribution in [0.4, 0.5) is 0 Å². The molecule has 2 N–H and O–H groups in total. The first-order valence-electron chi connectivity index (χ1n) is 6.97. The summed E-state index contributed by atoms with van der Waals surface area (Å²) in [5, 5.41) is 2.50. The van der Waals surface area contributed by atoms with Crippen LogP contribution in [0.3, 0.4) is 0 Å². The van der Waals surface area contributed by atoms with E-state index in [1.54, 1.807) is 0 Å². The van der Waals surface area contributed by atoms with Crippen LogP contribution in [0.15, 0.2) is 67.3 Å². The molecule has 2 atom stereocenters. The van der Waals surface area contributed by atoms with Gasteiger partial charge in [0.1, 0.15) is 6.04 Å². The molecule has 3 rings (SSSR count). The molecule has 0 fully saturated rings. The van der Waals surface area contributed by atoms with Crippen molar-refractivity contribution in [1.29, 1.82) is 0 Å². The van der Waals surface area contributed by atoms with E-state index in [-0.39, 0.29) is 0 Å². The molecule has 0 aromatic heterocycles. The summed E-state index contributed by atoms with van der Waals surface area (Å²) in [4.78, 5) is 0. The van der Waals surface area contributed by atoms with Gasteiger partial charge in [0.2, 0.25) is 0 Å². The molecule has 1 heteroatoms. The first-order valence-corrected chi connectivity index (χ1v) is 6.97. The van der Waals surface area contributed by atoms with Gasteiger partial charge in [0.15, 0.2) is 0 Å². The van der Waals surface area contributed by atoms with Crippen molar-refractivity contribution in [2.75, 3.05) is 0 Å². The van der Waals surface area contributed by atoms with Crippen LogP contribution in [0.5, 0.6) is 0 Å². The van der Waals surface area contributed by atoms with Crippen molar-refractivity contribution >= 4 is 0 Å². The molecule has 0 spiro atoms. The third-order valence-electron chi connectivity index (χ3n) is 3.96. The molecule has 0 saturated heterocycles. The second-order valence-electron chi connectivity index (χ2n) is 5.27. The molecule has 0 amide bonds. The predicted molar refractivity (Wildman–Crippen MR) is 79.0 cm³/mol. The van der Waals surface area contributed by atoms with Crippen LogP contribution in [0, 0.1) is 0 Å². The minimum Gasteiger partial charge on any atom is -0.333 e. The third-order valence-corrected chi connectivity index (χ3v) is 3.96. The van der Waals surface area contributed by atoms with Gasteiger partial charge < -0.3 is 5.32 Å². The van der Waals surface area contributed by atoms with Gasteiger partial charge in [-0.2, -0.15) is 0 Å². The van der Waals surface area contributed by atoms with E-state index in [1.165, 1.54) is 16.7 Å². The Kier molecular flexibility index (Phi) is 3.47. The summed E-state index contributed by atoms with van der Waals surface area (Å²) >= 11 is 0. The normalized spacial score (nSPS) is 21.7. The summed E-state index contributed by atoms with van der Waals surface area (Å²) in [6.45, 7) is 3.89. The SMILES string of the molecule is C=CC[C@@H]1Cc2ccccc2[C@@H](c2ccccc2)[NH2+]1. The topological polar surface area (TPSA) is 16.6 Å². The maximum atomic E-state index is 3.89. The number of nitrogens with two attached hydrogens (primary N) is 1. The Morgan fingerprint density at radius 2 is 1.79 bits per heavy atom. The molecule has 1 heterocycles. The molecule has 1 nitrogen and oxygen atoms in total. The summed E-state index contributed by atoms with van der Waals surface area (Å²) in [5.74, 6) is 0. The average Bonchev–Trinajstić information content (AvgIpc) is 2.48. The maximum Gasteiger partial charge on any atom is 0.138 e. The van der Waals surface area contributed by atoms with Crippen LogP contribution in [-0.2, 0) is 6.42 Å². The van der Waals surface area contributed by atoms with Gasteiger partial charge in [0.25, 0.3) is 0 Å². The second kappa shape index (κ2) is 5.41. The lowest BCUT2D eigenvalue weighted by Gasteiger charge is -2.30. The lowest BCUT2D eigenvalue weighted by Crippen LogP contribution is -2.92. The van der Waals surface area contributed by atoms with E-state index in [0.717, 1.165) is 12.8 Å². The lowest BCUT2D eigenvalue weighted by atomic mass is 9.86. The van der Waals surface area contributed by atoms with Crippen molar-refractivity contribution in [1.82, 2.24) is 0 Å². The van der Waals surface area contributed by atoms with Crippen molar-refractivity contribution in [2.45, 2.75) is 24.9 Å². The third kappa shape index (κ3) is 2.47. The van der Waals surface area contributed by atoms with E-state index in [0.29, 0.717) is 12.1 Å². The minimum absolute atomic E-state index is 0.427. The molecule has 19 heavy (non-hydrogen) atoms. The zero-order chi connectivity index (χ0) is 13.1. The zero-order valence-corrected chi connectivity index (χ0v) is 11.1. The molecule has 0 radical (unpaired) electrons. The number of hydrogen-bond acceptors (Lipinski definition) is 0. The number of fused-ring (bicyclic) bond motifs is 1. The van der Waals surface area contributed by atoms with Crippen LogP contribution < -0.4 is 5.32 Å². The van der Waals surface area contributed by atoms with Gasteiger partial charge in [-0.15, -0.1) is 6.58 Å². The quantitative estimate of drug-likeness (QED) is 0.807. The second-order valence-corrected chi connectivity index (χ2v) is 5.27. The molecule has 0 bridgehead atoms. The fraction of sp³-hybridized carbons (Fsp3) is 0.222. The van der Waals surface area contributed by atoms with E-state index in [1.807, 2.05) is 6.08 Å². The van der Waals surface area contributed by atoms with Crippen molar-refractivity contribution in [3.63, 3.8) is 0 Å². The highest BCUT2D eigenvalue weighted by Gasteiger charge is 2.29. The average molecular weight is 250 g/mol. The Bertz CT molecular complexity index is 559.